The molecule has 0 bridgehead atoms. The first-order valence-electron chi connectivity index (χ1n) is 9.80. The van der Waals surface area contributed by atoms with E-state index in [4.69, 9.17) is 4.74 Å². The second-order valence-corrected chi connectivity index (χ2v) is 9.77. The molecule has 0 spiro atoms. The van der Waals surface area contributed by atoms with Gasteiger partial charge in [0.1, 0.15) is 11.0 Å². The summed E-state index contributed by atoms with van der Waals surface area (Å²) in [6.45, 7) is 9.05. The van der Waals surface area contributed by atoms with Crippen molar-refractivity contribution in [3.05, 3.63) is 0 Å². The van der Waals surface area contributed by atoms with Gasteiger partial charge in [-0.15, -0.1) is 0 Å². The summed E-state index contributed by atoms with van der Waals surface area (Å²) in [6, 6.07) is -0.620. The van der Waals surface area contributed by atoms with Crippen LogP contribution < -0.4 is 5.32 Å². The fourth-order valence-electron chi connectivity index (χ4n) is 4.50. The van der Waals surface area contributed by atoms with Crippen LogP contribution in [0.2, 0.25) is 0 Å². The van der Waals surface area contributed by atoms with Crippen molar-refractivity contribution < 1.29 is 24.5 Å². The average molecular weight is 370 g/mol. The Balaban J connectivity index is 2.16. The Morgan fingerprint density at radius 3 is 2.15 bits per heavy atom. The molecule has 2 fully saturated rings. The maximum Gasteiger partial charge on any atom is 0.407 e. The molecule has 0 heterocycles. The van der Waals surface area contributed by atoms with Gasteiger partial charge in [0, 0.05) is 0 Å². The van der Waals surface area contributed by atoms with Crippen LogP contribution in [0.25, 0.3) is 0 Å². The summed E-state index contributed by atoms with van der Waals surface area (Å²) in [5, 5.41) is 23.6. The first-order chi connectivity index (χ1) is 11.9. The van der Waals surface area contributed by atoms with Crippen LogP contribution in [-0.2, 0) is 9.53 Å². The maximum atomic E-state index is 12.3. The van der Waals surface area contributed by atoms with E-state index < -0.39 is 40.6 Å². The Morgan fingerprint density at radius 2 is 1.73 bits per heavy atom. The minimum atomic E-state index is -1.21. The van der Waals surface area contributed by atoms with E-state index >= 15 is 0 Å². The number of hydrogen-bond acceptors (Lipinski definition) is 4. The Morgan fingerprint density at radius 1 is 1.19 bits per heavy atom. The van der Waals surface area contributed by atoms with Crippen LogP contribution in [0.3, 0.4) is 0 Å². The number of rotatable bonds is 6. The molecule has 0 saturated heterocycles. The Kier molecular flexibility index (Phi) is 5.96. The Labute approximate surface area is 156 Å². The molecule has 0 aliphatic heterocycles. The van der Waals surface area contributed by atoms with Crippen LogP contribution in [0.1, 0.15) is 79.6 Å². The quantitative estimate of drug-likeness (QED) is 0.663. The smallest absolute Gasteiger partial charge is 0.407 e. The van der Waals surface area contributed by atoms with E-state index in [-0.39, 0.29) is 0 Å². The molecule has 2 aliphatic carbocycles. The predicted octanol–water partition coefficient (Wildman–Crippen LogP) is 3.71. The first kappa shape index (κ1) is 21.0. The van der Waals surface area contributed by atoms with E-state index in [1.54, 1.807) is 20.8 Å². The summed E-state index contributed by atoms with van der Waals surface area (Å²) in [5.74, 6) is -0.597. The molecule has 6 heteroatoms. The minimum Gasteiger partial charge on any atom is -0.481 e. The zero-order valence-corrected chi connectivity index (χ0v) is 16.8. The predicted molar refractivity (Wildman–Crippen MR) is 98.8 cm³/mol. The van der Waals surface area contributed by atoms with Crippen molar-refractivity contribution in [3.8, 4) is 0 Å². The molecule has 0 aromatic rings. The normalized spacial score (nSPS) is 28.1. The SMILES string of the molecule is CC(C)(C)OC(=O)NC(CC1CCCCC1)C(O)C1(C(=O)O)CC1(C)C. The zero-order valence-electron chi connectivity index (χ0n) is 16.8. The third kappa shape index (κ3) is 4.51. The second kappa shape index (κ2) is 7.37. The number of carbonyl (C=O) groups excluding carboxylic acids is 1. The van der Waals surface area contributed by atoms with Crippen LogP contribution in [0, 0.1) is 16.7 Å². The number of aliphatic carboxylic acids is 1. The van der Waals surface area contributed by atoms with E-state index in [2.05, 4.69) is 5.32 Å². The summed E-state index contributed by atoms with van der Waals surface area (Å²) in [5.41, 5.74) is -2.34. The van der Waals surface area contributed by atoms with Gasteiger partial charge in [-0.3, -0.25) is 4.79 Å². The summed E-state index contributed by atoms with van der Waals surface area (Å²) < 4.78 is 5.34. The average Bonchev–Trinajstić information content (AvgIpc) is 3.09. The van der Waals surface area contributed by atoms with Gasteiger partial charge in [-0.25, -0.2) is 4.79 Å². The molecule has 3 unspecified atom stereocenters. The van der Waals surface area contributed by atoms with Gasteiger partial charge in [-0.1, -0.05) is 46.0 Å². The fraction of sp³-hybridized carbons (Fsp3) is 0.900. The van der Waals surface area contributed by atoms with E-state index in [0.717, 1.165) is 25.7 Å². The zero-order chi connectivity index (χ0) is 19.8. The standard InChI is InChI=1S/C20H35NO5/c1-18(2,3)26-17(25)21-14(11-13-9-7-6-8-10-13)15(22)20(16(23)24)12-19(20,4)5/h13-15,22H,6-12H2,1-5H3,(H,21,25)(H,23,24). The molecule has 0 aromatic heterocycles. The molecule has 2 saturated carbocycles. The molecule has 6 nitrogen and oxygen atoms in total. The first-order valence-corrected chi connectivity index (χ1v) is 9.80. The van der Waals surface area contributed by atoms with Crippen LogP contribution in [0.5, 0.6) is 0 Å². The molecular formula is C20H35NO5. The van der Waals surface area contributed by atoms with Gasteiger partial charge in [-0.05, 0) is 44.9 Å². The highest BCUT2D eigenvalue weighted by Gasteiger charge is 2.71. The van der Waals surface area contributed by atoms with Gasteiger partial charge in [0.25, 0.3) is 0 Å². The molecule has 3 N–H and O–H groups in total. The van der Waals surface area contributed by atoms with Crippen LogP contribution >= 0.6 is 0 Å². The summed E-state index contributed by atoms with van der Waals surface area (Å²) in [6.07, 6.45) is 4.89. The third-order valence-electron chi connectivity index (χ3n) is 6.09. The van der Waals surface area contributed by atoms with Gasteiger partial charge in [-0.2, -0.15) is 0 Å². The summed E-state index contributed by atoms with van der Waals surface area (Å²) >= 11 is 0. The van der Waals surface area contributed by atoms with Crippen molar-refractivity contribution >= 4 is 12.1 Å². The number of nitrogens with one attached hydrogen (secondary N) is 1. The Bertz CT molecular complexity index is 533. The van der Waals surface area contributed by atoms with Gasteiger partial charge in [0.15, 0.2) is 0 Å². The van der Waals surface area contributed by atoms with Crippen molar-refractivity contribution in [3.63, 3.8) is 0 Å². The van der Waals surface area contributed by atoms with Crippen LogP contribution in [0.15, 0.2) is 0 Å². The number of hydrogen-bond donors (Lipinski definition) is 3. The number of carbonyl (C=O) groups is 2. The molecular weight excluding hydrogens is 334 g/mol. The monoisotopic (exact) mass is 369 g/mol. The lowest BCUT2D eigenvalue weighted by Crippen LogP contribution is -2.52. The lowest BCUT2D eigenvalue weighted by molar-refractivity contribution is -0.151. The number of aliphatic hydroxyl groups is 1. The topological polar surface area (TPSA) is 95.9 Å². The number of carboxylic acid groups (broad SMARTS) is 1. The number of amides is 1. The van der Waals surface area contributed by atoms with Crippen molar-refractivity contribution in [2.24, 2.45) is 16.7 Å². The number of alkyl carbamates (subject to hydrolysis) is 1. The molecule has 1 amide bonds. The molecule has 2 aliphatic rings. The van der Waals surface area contributed by atoms with Crippen LogP contribution in [0.4, 0.5) is 4.79 Å². The minimum absolute atomic E-state index is 0.394. The molecule has 26 heavy (non-hydrogen) atoms. The van der Waals surface area contributed by atoms with E-state index in [9.17, 15) is 19.8 Å². The van der Waals surface area contributed by atoms with Gasteiger partial charge >= 0.3 is 12.1 Å². The van der Waals surface area contributed by atoms with E-state index in [0.29, 0.717) is 18.8 Å². The highest BCUT2D eigenvalue weighted by molar-refractivity contribution is 5.81. The summed E-state index contributed by atoms with van der Waals surface area (Å²) in [7, 11) is 0. The molecule has 0 aromatic carbocycles. The third-order valence-corrected chi connectivity index (χ3v) is 6.09. The van der Waals surface area contributed by atoms with Gasteiger partial charge in [0.05, 0.1) is 12.1 Å². The van der Waals surface area contributed by atoms with Gasteiger partial charge in [0.2, 0.25) is 0 Å². The molecule has 3 atom stereocenters. The summed E-state index contributed by atoms with van der Waals surface area (Å²) in [4.78, 5) is 24.2. The number of carboxylic acids is 1. The molecule has 0 radical (unpaired) electrons. The molecule has 2 rings (SSSR count). The van der Waals surface area contributed by atoms with Crippen molar-refractivity contribution in [2.45, 2.75) is 97.3 Å². The highest BCUT2D eigenvalue weighted by Crippen LogP contribution is 2.66. The maximum absolute atomic E-state index is 12.3. The van der Waals surface area contributed by atoms with E-state index in [1.807, 2.05) is 13.8 Å². The van der Waals surface area contributed by atoms with E-state index in [1.165, 1.54) is 6.42 Å². The second-order valence-electron chi connectivity index (χ2n) is 9.77. The lowest BCUT2D eigenvalue weighted by atomic mass is 9.79. The number of ether oxygens (including phenoxy) is 1. The van der Waals surface area contributed by atoms with Gasteiger partial charge < -0.3 is 20.3 Å². The largest absolute Gasteiger partial charge is 0.481 e. The number of aliphatic hydroxyl groups excluding tert-OH is 1. The molecule has 150 valence electrons. The fourth-order valence-corrected chi connectivity index (χ4v) is 4.50. The van der Waals surface area contributed by atoms with Crippen molar-refractivity contribution in [2.75, 3.05) is 0 Å². The van der Waals surface area contributed by atoms with Crippen molar-refractivity contribution in [1.29, 1.82) is 0 Å². The highest BCUT2D eigenvalue weighted by atomic mass is 16.6. The lowest BCUT2D eigenvalue weighted by Gasteiger charge is -2.34. The Hall–Kier alpha value is -1.30. The van der Waals surface area contributed by atoms with Crippen LogP contribution in [-0.4, -0.2) is 40.0 Å². The van der Waals surface area contributed by atoms with Crippen molar-refractivity contribution in [1.82, 2.24) is 5.32 Å².